The molecule has 0 bridgehead atoms. The molecule has 0 heterocycles. The predicted octanol–water partition coefficient (Wildman–Crippen LogP) is 11.4. The number of unbranched alkanes of at least 4 members (excludes halogenated alkanes) is 18. The molecule has 2 nitrogen and oxygen atoms in total. The molecule has 0 aliphatic carbocycles. The second-order valence-corrected chi connectivity index (χ2v) is 13.6. The SMILES string of the molecule is CCCCCCCCCCCCc1cccc(S(=O)(=O)c2cccc(CCCCCCCCCCCC)c2)c1. The van der Waals surface area contributed by atoms with Crippen molar-refractivity contribution in [2.75, 3.05) is 0 Å². The van der Waals surface area contributed by atoms with Crippen LogP contribution in [0.15, 0.2) is 58.3 Å². The van der Waals surface area contributed by atoms with Gasteiger partial charge in [0.15, 0.2) is 0 Å². The fourth-order valence-electron chi connectivity index (χ4n) is 5.51. The molecule has 0 aliphatic heterocycles. The van der Waals surface area contributed by atoms with Crippen molar-refractivity contribution in [1.29, 1.82) is 0 Å². The molecule has 0 spiro atoms. The number of sulfone groups is 1. The number of rotatable bonds is 24. The fraction of sp³-hybridized carbons (Fsp3) is 0.667. The van der Waals surface area contributed by atoms with E-state index < -0.39 is 9.84 Å². The average molecular weight is 555 g/mol. The zero-order valence-corrected chi connectivity index (χ0v) is 26.2. The second-order valence-electron chi connectivity index (χ2n) is 11.7. The maximum absolute atomic E-state index is 13.4. The Labute approximate surface area is 242 Å². The first-order valence-corrected chi connectivity index (χ1v) is 18.0. The van der Waals surface area contributed by atoms with Crippen molar-refractivity contribution >= 4 is 9.84 Å². The third-order valence-electron chi connectivity index (χ3n) is 8.06. The molecule has 2 aromatic carbocycles. The lowest BCUT2D eigenvalue weighted by molar-refractivity contribution is 0.556. The van der Waals surface area contributed by atoms with Gasteiger partial charge in [0.05, 0.1) is 9.79 Å². The van der Waals surface area contributed by atoms with Gasteiger partial charge < -0.3 is 0 Å². The number of aryl methyl sites for hydroxylation is 2. The van der Waals surface area contributed by atoms with Gasteiger partial charge in [-0.05, 0) is 61.1 Å². The topological polar surface area (TPSA) is 34.1 Å². The van der Waals surface area contributed by atoms with Gasteiger partial charge in [-0.25, -0.2) is 8.42 Å². The molecule has 0 atom stereocenters. The van der Waals surface area contributed by atoms with Crippen molar-refractivity contribution in [2.24, 2.45) is 0 Å². The van der Waals surface area contributed by atoms with Crippen LogP contribution in [0.4, 0.5) is 0 Å². The third kappa shape index (κ3) is 14.5. The van der Waals surface area contributed by atoms with E-state index in [0.29, 0.717) is 9.79 Å². The summed E-state index contributed by atoms with van der Waals surface area (Å²) in [6.07, 6.45) is 28.3. The highest BCUT2D eigenvalue weighted by atomic mass is 32.2. The van der Waals surface area contributed by atoms with Gasteiger partial charge in [0.1, 0.15) is 0 Å². The highest BCUT2D eigenvalue weighted by Gasteiger charge is 2.18. The lowest BCUT2D eigenvalue weighted by Crippen LogP contribution is -2.03. The summed E-state index contributed by atoms with van der Waals surface area (Å²) < 4.78 is 26.8. The van der Waals surface area contributed by atoms with E-state index >= 15 is 0 Å². The van der Waals surface area contributed by atoms with Crippen molar-refractivity contribution < 1.29 is 8.42 Å². The van der Waals surface area contributed by atoms with Crippen LogP contribution in [-0.2, 0) is 22.7 Å². The highest BCUT2D eigenvalue weighted by molar-refractivity contribution is 7.91. The Balaban J connectivity index is 1.72. The number of benzene rings is 2. The molecule has 0 N–H and O–H groups in total. The molecular formula is C36H58O2S. The van der Waals surface area contributed by atoms with Gasteiger partial charge in [-0.2, -0.15) is 0 Å². The van der Waals surface area contributed by atoms with Crippen molar-refractivity contribution in [3.63, 3.8) is 0 Å². The van der Waals surface area contributed by atoms with Crippen LogP contribution >= 0.6 is 0 Å². The van der Waals surface area contributed by atoms with Crippen LogP contribution in [0, 0.1) is 0 Å². The summed E-state index contributed by atoms with van der Waals surface area (Å²) in [6, 6.07) is 15.3. The Bertz CT molecular complexity index is 906. The molecule has 0 unspecified atom stereocenters. The first-order chi connectivity index (χ1) is 19.1. The molecule has 0 radical (unpaired) electrons. The van der Waals surface area contributed by atoms with E-state index in [1.165, 1.54) is 116 Å². The lowest BCUT2D eigenvalue weighted by atomic mass is 10.0. The highest BCUT2D eigenvalue weighted by Crippen LogP contribution is 2.24. The quantitative estimate of drug-likeness (QED) is 0.121. The molecule has 2 rings (SSSR count). The van der Waals surface area contributed by atoms with E-state index in [-0.39, 0.29) is 0 Å². The molecular weight excluding hydrogens is 496 g/mol. The largest absolute Gasteiger partial charge is 0.219 e. The minimum absolute atomic E-state index is 0.433. The average Bonchev–Trinajstić information content (AvgIpc) is 2.95. The number of hydrogen-bond donors (Lipinski definition) is 0. The summed E-state index contributed by atoms with van der Waals surface area (Å²) in [5, 5.41) is 0. The molecule has 0 fully saturated rings. The van der Waals surface area contributed by atoms with Crippen molar-refractivity contribution in [3.8, 4) is 0 Å². The lowest BCUT2D eigenvalue weighted by Gasteiger charge is -2.09. The summed E-state index contributed by atoms with van der Waals surface area (Å²) in [5.74, 6) is 0. The Kier molecular flexibility index (Phi) is 18.2. The Morgan fingerprint density at radius 3 is 1.08 bits per heavy atom. The molecule has 0 saturated heterocycles. The summed E-state index contributed by atoms with van der Waals surface area (Å²) in [7, 11) is -3.49. The maximum atomic E-state index is 13.4. The van der Waals surface area contributed by atoms with Crippen LogP contribution in [0.1, 0.15) is 153 Å². The Morgan fingerprint density at radius 1 is 0.436 bits per heavy atom. The molecule has 0 saturated carbocycles. The van der Waals surface area contributed by atoms with Crippen LogP contribution in [0.2, 0.25) is 0 Å². The molecule has 2 aromatic rings. The zero-order valence-electron chi connectivity index (χ0n) is 25.4. The predicted molar refractivity (Wildman–Crippen MR) is 169 cm³/mol. The molecule has 3 heteroatoms. The van der Waals surface area contributed by atoms with Gasteiger partial charge in [-0.15, -0.1) is 0 Å². The Morgan fingerprint density at radius 2 is 0.744 bits per heavy atom. The van der Waals surface area contributed by atoms with Gasteiger partial charge in [-0.3, -0.25) is 0 Å². The normalized spacial score (nSPS) is 11.7. The Hall–Kier alpha value is -1.61. The van der Waals surface area contributed by atoms with E-state index in [4.69, 9.17) is 0 Å². The van der Waals surface area contributed by atoms with Crippen LogP contribution in [0.25, 0.3) is 0 Å². The van der Waals surface area contributed by atoms with Crippen molar-refractivity contribution in [1.82, 2.24) is 0 Å². The molecule has 0 aliphatic rings. The van der Waals surface area contributed by atoms with E-state index in [2.05, 4.69) is 26.0 Å². The van der Waals surface area contributed by atoms with E-state index in [1.54, 1.807) is 12.1 Å². The summed E-state index contributed by atoms with van der Waals surface area (Å²) in [6.45, 7) is 4.53. The maximum Gasteiger partial charge on any atom is 0.206 e. The molecule has 39 heavy (non-hydrogen) atoms. The second kappa shape index (κ2) is 21.2. The third-order valence-corrected chi connectivity index (χ3v) is 9.80. The first-order valence-electron chi connectivity index (χ1n) is 16.5. The van der Waals surface area contributed by atoms with E-state index in [1.807, 2.05) is 24.3 Å². The smallest absolute Gasteiger partial charge is 0.206 e. The molecule has 0 amide bonds. The number of hydrogen-bond acceptors (Lipinski definition) is 2. The van der Waals surface area contributed by atoms with Crippen molar-refractivity contribution in [2.45, 2.75) is 165 Å². The summed E-state index contributed by atoms with van der Waals surface area (Å²) in [5.41, 5.74) is 2.27. The van der Waals surface area contributed by atoms with Gasteiger partial charge in [-0.1, -0.05) is 154 Å². The van der Waals surface area contributed by atoms with E-state index in [9.17, 15) is 8.42 Å². The monoisotopic (exact) mass is 554 g/mol. The zero-order chi connectivity index (χ0) is 28.0. The van der Waals surface area contributed by atoms with Crippen LogP contribution in [0.3, 0.4) is 0 Å². The molecule has 0 aromatic heterocycles. The minimum Gasteiger partial charge on any atom is -0.219 e. The summed E-state index contributed by atoms with van der Waals surface area (Å²) in [4.78, 5) is 0.867. The van der Waals surface area contributed by atoms with Gasteiger partial charge in [0.2, 0.25) is 9.84 Å². The van der Waals surface area contributed by atoms with Gasteiger partial charge in [0.25, 0.3) is 0 Å². The minimum atomic E-state index is -3.49. The van der Waals surface area contributed by atoms with Crippen LogP contribution in [0.5, 0.6) is 0 Å². The first kappa shape index (κ1) is 33.6. The van der Waals surface area contributed by atoms with Gasteiger partial charge >= 0.3 is 0 Å². The summed E-state index contributed by atoms with van der Waals surface area (Å²) >= 11 is 0. The van der Waals surface area contributed by atoms with Crippen LogP contribution in [-0.4, -0.2) is 8.42 Å². The van der Waals surface area contributed by atoms with Gasteiger partial charge in [0, 0.05) is 0 Å². The fourth-order valence-corrected chi connectivity index (χ4v) is 6.91. The standard InChI is InChI=1S/C36H58O2S/c1-3-5-7-9-11-13-15-17-19-21-25-33-27-23-29-35(31-33)39(37,38)36-30-24-28-34(32-36)26-22-20-18-16-14-12-10-8-6-4-2/h23-24,27-32H,3-22,25-26H2,1-2H3. The van der Waals surface area contributed by atoms with Crippen LogP contribution < -0.4 is 0 Å². The van der Waals surface area contributed by atoms with Crippen molar-refractivity contribution in [3.05, 3.63) is 59.7 Å². The van der Waals surface area contributed by atoms with E-state index in [0.717, 1.165) is 36.8 Å². The molecule has 220 valence electrons.